The van der Waals surface area contributed by atoms with Crippen molar-refractivity contribution in [1.29, 1.82) is 0 Å². The van der Waals surface area contributed by atoms with E-state index in [0.717, 1.165) is 5.56 Å². The molecule has 0 saturated heterocycles. The molecule has 1 aromatic rings. The number of hydrogen-bond acceptors (Lipinski definition) is 5. The highest BCUT2D eigenvalue weighted by atomic mass is 79.9. The Kier molecular flexibility index (Phi) is 3.77. The van der Waals surface area contributed by atoms with Gasteiger partial charge in [0, 0.05) is 22.0 Å². The number of methoxy groups -OCH3 is 2. The molecule has 18 heavy (non-hydrogen) atoms. The number of aliphatic hydroxyl groups excluding tert-OH is 1. The minimum atomic E-state index is -1.34. The maximum atomic E-state index is 11.4. The van der Waals surface area contributed by atoms with Gasteiger partial charge in [-0.3, -0.25) is 0 Å². The Morgan fingerprint density at radius 2 is 2.28 bits per heavy atom. The van der Waals surface area contributed by atoms with Crippen LogP contribution in [-0.2, 0) is 16.0 Å². The zero-order valence-corrected chi connectivity index (χ0v) is 11.6. The highest BCUT2D eigenvalue weighted by molar-refractivity contribution is 9.10. The topological polar surface area (TPSA) is 65.0 Å². The maximum absolute atomic E-state index is 11.4. The Bertz CT molecular complexity index is 486. The first-order valence-corrected chi connectivity index (χ1v) is 6.17. The quantitative estimate of drug-likeness (QED) is 0.858. The fourth-order valence-electron chi connectivity index (χ4n) is 1.92. The Morgan fingerprint density at radius 3 is 2.89 bits per heavy atom. The molecule has 0 amide bonds. The Balaban J connectivity index is 2.52. The van der Waals surface area contributed by atoms with Gasteiger partial charge in [-0.05, 0) is 22.0 Å². The summed E-state index contributed by atoms with van der Waals surface area (Å²) in [5.74, 6) is 0.450. The van der Waals surface area contributed by atoms with Crippen molar-refractivity contribution in [3.63, 3.8) is 0 Å². The first kappa shape index (κ1) is 13.2. The molecule has 2 rings (SSSR count). The summed E-state index contributed by atoms with van der Waals surface area (Å²) >= 11 is 3.39. The molecule has 0 aliphatic carbocycles. The fraction of sp³-hybridized carbons (Fsp3) is 0.417. The number of benzene rings is 1. The first-order valence-electron chi connectivity index (χ1n) is 5.38. The second-order valence-electron chi connectivity index (χ2n) is 3.81. The third-order valence-electron chi connectivity index (χ3n) is 2.84. The van der Waals surface area contributed by atoms with E-state index in [2.05, 4.69) is 20.7 Å². The first-order chi connectivity index (χ1) is 8.60. The predicted molar refractivity (Wildman–Crippen MR) is 66.9 cm³/mol. The summed E-state index contributed by atoms with van der Waals surface area (Å²) in [5, 5.41) is 9.92. The van der Waals surface area contributed by atoms with E-state index in [9.17, 15) is 9.90 Å². The van der Waals surface area contributed by atoms with Gasteiger partial charge in [-0.25, -0.2) is 4.79 Å². The van der Waals surface area contributed by atoms with Gasteiger partial charge in [0.25, 0.3) is 0 Å². The summed E-state index contributed by atoms with van der Waals surface area (Å²) in [6.07, 6.45) is -0.641. The molecule has 1 heterocycles. The van der Waals surface area contributed by atoms with Crippen LogP contribution in [0.1, 0.15) is 17.2 Å². The van der Waals surface area contributed by atoms with Crippen LogP contribution in [0.5, 0.6) is 11.5 Å². The molecule has 6 heteroatoms. The van der Waals surface area contributed by atoms with Crippen LogP contribution in [0.4, 0.5) is 0 Å². The van der Waals surface area contributed by atoms with Crippen molar-refractivity contribution in [1.82, 2.24) is 0 Å². The number of rotatable bonds is 3. The highest BCUT2D eigenvalue weighted by Crippen LogP contribution is 2.44. The van der Waals surface area contributed by atoms with E-state index in [1.165, 1.54) is 14.2 Å². The van der Waals surface area contributed by atoms with Gasteiger partial charge in [-0.15, -0.1) is 0 Å². The zero-order chi connectivity index (χ0) is 13.3. The van der Waals surface area contributed by atoms with Gasteiger partial charge < -0.3 is 19.3 Å². The lowest BCUT2D eigenvalue weighted by atomic mass is 10.0. The van der Waals surface area contributed by atoms with Crippen LogP contribution >= 0.6 is 15.9 Å². The van der Waals surface area contributed by atoms with Crippen LogP contribution in [0.3, 0.4) is 0 Å². The van der Waals surface area contributed by atoms with Crippen LogP contribution in [-0.4, -0.2) is 31.9 Å². The van der Waals surface area contributed by atoms with Crippen molar-refractivity contribution in [3.05, 3.63) is 21.7 Å². The molecule has 1 atom stereocenters. The molecule has 98 valence electrons. The summed E-state index contributed by atoms with van der Waals surface area (Å²) in [5.41, 5.74) is 1.32. The number of fused-ring (bicyclic) bond motifs is 1. The minimum Gasteiger partial charge on any atom is -0.493 e. The molecule has 5 nitrogen and oxygen atoms in total. The van der Waals surface area contributed by atoms with E-state index in [1.54, 1.807) is 6.07 Å². The molecular weight excluding hydrogens is 304 g/mol. The number of carbonyl (C=O) groups excluding carboxylic acids is 1. The maximum Gasteiger partial charge on any atom is 0.339 e. The lowest BCUT2D eigenvalue weighted by molar-refractivity contribution is -0.150. The molecule has 0 saturated carbocycles. The van der Waals surface area contributed by atoms with Crippen molar-refractivity contribution < 1.29 is 24.1 Å². The van der Waals surface area contributed by atoms with Gasteiger partial charge in [-0.2, -0.15) is 0 Å². The number of aliphatic hydroxyl groups is 1. The van der Waals surface area contributed by atoms with Crippen LogP contribution in [0.2, 0.25) is 0 Å². The summed E-state index contributed by atoms with van der Waals surface area (Å²) in [4.78, 5) is 11.4. The summed E-state index contributed by atoms with van der Waals surface area (Å²) in [6, 6.07) is 1.58. The molecule has 1 aliphatic heterocycles. The Hall–Kier alpha value is -1.27. The molecular formula is C12H13BrO5. The van der Waals surface area contributed by atoms with E-state index < -0.39 is 12.1 Å². The number of esters is 1. The Morgan fingerprint density at radius 1 is 1.56 bits per heavy atom. The van der Waals surface area contributed by atoms with Crippen LogP contribution in [0, 0.1) is 0 Å². The zero-order valence-electron chi connectivity index (χ0n) is 10.0. The minimum absolute atomic E-state index is 0.419. The molecule has 0 spiro atoms. The average molecular weight is 317 g/mol. The lowest BCUT2D eigenvalue weighted by Gasteiger charge is -2.15. The lowest BCUT2D eigenvalue weighted by Crippen LogP contribution is -2.14. The van der Waals surface area contributed by atoms with Gasteiger partial charge in [0.1, 0.15) is 0 Å². The largest absolute Gasteiger partial charge is 0.493 e. The van der Waals surface area contributed by atoms with Crippen LogP contribution in [0.15, 0.2) is 10.5 Å². The monoisotopic (exact) mass is 316 g/mol. The van der Waals surface area contributed by atoms with E-state index in [-0.39, 0.29) is 0 Å². The molecule has 1 N–H and O–H groups in total. The van der Waals surface area contributed by atoms with Gasteiger partial charge >= 0.3 is 5.97 Å². The molecule has 1 unspecified atom stereocenters. The smallest absolute Gasteiger partial charge is 0.339 e. The van der Waals surface area contributed by atoms with Gasteiger partial charge in [0.15, 0.2) is 17.6 Å². The number of carbonyl (C=O) groups is 1. The van der Waals surface area contributed by atoms with Crippen LogP contribution in [0.25, 0.3) is 0 Å². The standard InChI is InChI=1S/C12H13BrO5/c1-16-8-5-7(10(14)12(15)17-2)9(13)6-3-4-18-11(6)8/h5,10,14H,3-4H2,1-2H3. The number of ether oxygens (including phenoxy) is 3. The van der Waals surface area contributed by atoms with Gasteiger partial charge in [0.2, 0.25) is 0 Å². The molecule has 1 aromatic carbocycles. The van der Waals surface area contributed by atoms with E-state index in [1.807, 2.05) is 0 Å². The van der Waals surface area contributed by atoms with Crippen molar-refractivity contribution >= 4 is 21.9 Å². The SMILES string of the molecule is COC(=O)C(O)c1cc(OC)c2c(c1Br)CCO2. The predicted octanol–water partition coefficient (Wildman–Crippen LogP) is 1.60. The van der Waals surface area contributed by atoms with E-state index in [4.69, 9.17) is 9.47 Å². The fourth-order valence-corrected chi connectivity index (χ4v) is 2.63. The summed E-state index contributed by atoms with van der Waals surface area (Å²) in [7, 11) is 2.74. The third-order valence-corrected chi connectivity index (χ3v) is 3.78. The molecule has 0 radical (unpaired) electrons. The summed E-state index contributed by atoms with van der Waals surface area (Å²) < 4.78 is 15.9. The molecule has 0 fully saturated rings. The molecule has 1 aliphatic rings. The number of hydrogen-bond donors (Lipinski definition) is 1. The van der Waals surface area contributed by atoms with Gasteiger partial charge in [-0.1, -0.05) is 0 Å². The molecule has 0 bridgehead atoms. The average Bonchev–Trinajstić information content (AvgIpc) is 2.87. The van der Waals surface area contributed by atoms with Crippen molar-refractivity contribution in [2.75, 3.05) is 20.8 Å². The van der Waals surface area contributed by atoms with Crippen molar-refractivity contribution in [2.24, 2.45) is 0 Å². The highest BCUT2D eigenvalue weighted by Gasteiger charge is 2.28. The second kappa shape index (κ2) is 5.16. The van der Waals surface area contributed by atoms with E-state index >= 15 is 0 Å². The third kappa shape index (κ3) is 2.06. The molecule has 0 aromatic heterocycles. The van der Waals surface area contributed by atoms with Crippen molar-refractivity contribution in [3.8, 4) is 11.5 Å². The Labute approximate surface area is 113 Å². The normalized spacial score (nSPS) is 14.7. The number of halogens is 1. The van der Waals surface area contributed by atoms with Gasteiger partial charge in [0.05, 0.1) is 20.8 Å². The summed E-state index contributed by atoms with van der Waals surface area (Å²) in [6.45, 7) is 0.558. The second-order valence-corrected chi connectivity index (χ2v) is 4.61. The van der Waals surface area contributed by atoms with Crippen LogP contribution < -0.4 is 9.47 Å². The van der Waals surface area contributed by atoms with Crippen molar-refractivity contribution in [2.45, 2.75) is 12.5 Å². The van der Waals surface area contributed by atoms with E-state index in [0.29, 0.717) is 34.6 Å².